The van der Waals surface area contributed by atoms with Gasteiger partial charge in [0, 0.05) is 0 Å². The molecule has 0 aliphatic carbocycles. The standard InChI is InChI=1S/C18H20O2/c1-3-14-4-6-16(7-5-14)17-10-8-15(9-11-17)13(2)12-18(19)20/h4-11,13H,3,12H2,1-2H3,(H,19,20)/t13-/m0/s1. The zero-order valence-corrected chi connectivity index (χ0v) is 12.0. The van der Waals surface area contributed by atoms with Crippen molar-refractivity contribution < 1.29 is 9.90 Å². The van der Waals surface area contributed by atoms with Gasteiger partial charge in [-0.05, 0) is 34.6 Å². The Morgan fingerprint density at radius 2 is 1.50 bits per heavy atom. The quantitative estimate of drug-likeness (QED) is 0.867. The van der Waals surface area contributed by atoms with Gasteiger partial charge in [-0.15, -0.1) is 0 Å². The number of rotatable bonds is 5. The SMILES string of the molecule is CCc1ccc(-c2ccc([C@@H](C)CC(=O)O)cc2)cc1. The number of carbonyl (C=O) groups is 1. The highest BCUT2D eigenvalue weighted by Gasteiger charge is 2.10. The third-order valence-electron chi connectivity index (χ3n) is 3.66. The van der Waals surface area contributed by atoms with Gasteiger partial charge in [-0.25, -0.2) is 0 Å². The fourth-order valence-electron chi connectivity index (χ4n) is 2.32. The summed E-state index contributed by atoms with van der Waals surface area (Å²) in [5.41, 5.74) is 4.76. The highest BCUT2D eigenvalue weighted by atomic mass is 16.4. The third-order valence-corrected chi connectivity index (χ3v) is 3.66. The second-order valence-corrected chi connectivity index (χ2v) is 5.17. The molecule has 0 saturated carbocycles. The molecule has 0 amide bonds. The maximum atomic E-state index is 10.7. The minimum Gasteiger partial charge on any atom is -0.481 e. The predicted molar refractivity (Wildman–Crippen MR) is 81.9 cm³/mol. The molecule has 0 aromatic heterocycles. The molecule has 2 aromatic rings. The van der Waals surface area contributed by atoms with E-state index in [2.05, 4.69) is 43.3 Å². The molecule has 0 aliphatic rings. The van der Waals surface area contributed by atoms with Crippen LogP contribution in [0.4, 0.5) is 0 Å². The first-order chi connectivity index (χ1) is 9.60. The Labute approximate surface area is 120 Å². The van der Waals surface area contributed by atoms with Gasteiger partial charge in [0.2, 0.25) is 0 Å². The molecule has 2 heteroatoms. The van der Waals surface area contributed by atoms with Crippen LogP contribution in [0, 0.1) is 0 Å². The lowest BCUT2D eigenvalue weighted by Crippen LogP contribution is -2.02. The average molecular weight is 268 g/mol. The topological polar surface area (TPSA) is 37.3 Å². The zero-order valence-electron chi connectivity index (χ0n) is 12.0. The van der Waals surface area contributed by atoms with Gasteiger partial charge in [0.05, 0.1) is 6.42 Å². The largest absolute Gasteiger partial charge is 0.481 e. The monoisotopic (exact) mass is 268 g/mol. The van der Waals surface area contributed by atoms with E-state index >= 15 is 0 Å². The van der Waals surface area contributed by atoms with Crippen molar-refractivity contribution in [2.45, 2.75) is 32.6 Å². The molecule has 1 N–H and O–H groups in total. The molecule has 0 bridgehead atoms. The Kier molecular flexibility index (Phi) is 4.57. The maximum Gasteiger partial charge on any atom is 0.303 e. The van der Waals surface area contributed by atoms with Crippen LogP contribution in [0.2, 0.25) is 0 Å². The van der Waals surface area contributed by atoms with Gasteiger partial charge < -0.3 is 5.11 Å². The molecule has 0 fully saturated rings. The average Bonchev–Trinajstić information content (AvgIpc) is 2.47. The van der Waals surface area contributed by atoms with Crippen molar-refractivity contribution in [2.75, 3.05) is 0 Å². The van der Waals surface area contributed by atoms with Crippen molar-refractivity contribution in [3.8, 4) is 11.1 Å². The van der Waals surface area contributed by atoms with Crippen LogP contribution in [0.25, 0.3) is 11.1 Å². The molecule has 0 aliphatic heterocycles. The van der Waals surface area contributed by atoms with E-state index in [0.717, 1.165) is 12.0 Å². The minimum absolute atomic E-state index is 0.0454. The molecule has 0 spiro atoms. The van der Waals surface area contributed by atoms with Gasteiger partial charge in [-0.2, -0.15) is 0 Å². The second-order valence-electron chi connectivity index (χ2n) is 5.17. The van der Waals surface area contributed by atoms with Crippen molar-refractivity contribution in [1.29, 1.82) is 0 Å². The van der Waals surface area contributed by atoms with E-state index in [1.807, 2.05) is 19.1 Å². The van der Waals surface area contributed by atoms with Gasteiger partial charge >= 0.3 is 5.97 Å². The van der Waals surface area contributed by atoms with Crippen molar-refractivity contribution in [3.63, 3.8) is 0 Å². The number of hydrogen-bond donors (Lipinski definition) is 1. The molecule has 0 unspecified atom stereocenters. The lowest BCUT2D eigenvalue weighted by atomic mass is 9.95. The van der Waals surface area contributed by atoms with E-state index in [0.29, 0.717) is 0 Å². The summed E-state index contributed by atoms with van der Waals surface area (Å²) in [6.07, 6.45) is 1.22. The smallest absolute Gasteiger partial charge is 0.303 e. The van der Waals surface area contributed by atoms with Crippen molar-refractivity contribution in [2.24, 2.45) is 0 Å². The first-order valence-electron chi connectivity index (χ1n) is 7.01. The molecular weight excluding hydrogens is 248 g/mol. The van der Waals surface area contributed by atoms with Crippen LogP contribution >= 0.6 is 0 Å². The molecule has 0 heterocycles. The molecule has 104 valence electrons. The van der Waals surface area contributed by atoms with E-state index in [4.69, 9.17) is 5.11 Å². The molecule has 1 atom stereocenters. The van der Waals surface area contributed by atoms with Gasteiger partial charge in [-0.1, -0.05) is 62.4 Å². The van der Waals surface area contributed by atoms with Crippen LogP contribution in [0.1, 0.15) is 37.3 Å². The number of aryl methyl sites for hydroxylation is 1. The number of benzene rings is 2. The van der Waals surface area contributed by atoms with Crippen LogP contribution in [0.15, 0.2) is 48.5 Å². The van der Waals surface area contributed by atoms with Crippen LogP contribution in [-0.2, 0) is 11.2 Å². The van der Waals surface area contributed by atoms with E-state index in [-0.39, 0.29) is 12.3 Å². The Bertz CT molecular complexity index is 567. The molecule has 2 rings (SSSR count). The summed E-state index contributed by atoms with van der Waals surface area (Å²) in [4.78, 5) is 10.7. The zero-order chi connectivity index (χ0) is 14.5. The lowest BCUT2D eigenvalue weighted by molar-refractivity contribution is -0.137. The van der Waals surface area contributed by atoms with Crippen LogP contribution in [0.3, 0.4) is 0 Å². The third kappa shape index (κ3) is 3.47. The van der Waals surface area contributed by atoms with Crippen LogP contribution in [0.5, 0.6) is 0 Å². The number of carboxylic acid groups (broad SMARTS) is 1. The fraction of sp³-hybridized carbons (Fsp3) is 0.278. The summed E-state index contributed by atoms with van der Waals surface area (Å²) in [6.45, 7) is 4.09. The number of carboxylic acids is 1. The fourth-order valence-corrected chi connectivity index (χ4v) is 2.32. The summed E-state index contributed by atoms with van der Waals surface area (Å²) < 4.78 is 0. The summed E-state index contributed by atoms with van der Waals surface area (Å²) in [7, 11) is 0. The first-order valence-corrected chi connectivity index (χ1v) is 7.01. The van der Waals surface area contributed by atoms with Gasteiger partial charge in [0.15, 0.2) is 0 Å². The highest BCUT2D eigenvalue weighted by molar-refractivity contribution is 5.68. The second kappa shape index (κ2) is 6.38. The van der Waals surface area contributed by atoms with Gasteiger partial charge in [0.25, 0.3) is 0 Å². The van der Waals surface area contributed by atoms with Crippen molar-refractivity contribution >= 4 is 5.97 Å². The Balaban J connectivity index is 2.16. The first kappa shape index (κ1) is 14.3. The van der Waals surface area contributed by atoms with Crippen LogP contribution in [-0.4, -0.2) is 11.1 Å². The van der Waals surface area contributed by atoms with E-state index in [1.165, 1.54) is 16.7 Å². The summed E-state index contributed by atoms with van der Waals surface area (Å²) >= 11 is 0. The summed E-state index contributed by atoms with van der Waals surface area (Å²) in [5, 5.41) is 8.83. The maximum absolute atomic E-state index is 10.7. The normalized spacial score (nSPS) is 12.1. The molecular formula is C18H20O2. The molecule has 0 saturated heterocycles. The predicted octanol–water partition coefficient (Wildman–Crippen LogP) is 4.49. The summed E-state index contributed by atoms with van der Waals surface area (Å²) in [6, 6.07) is 16.7. The molecule has 2 aromatic carbocycles. The van der Waals surface area contributed by atoms with E-state index in [9.17, 15) is 4.79 Å². The van der Waals surface area contributed by atoms with Gasteiger partial charge in [-0.3, -0.25) is 4.79 Å². The van der Waals surface area contributed by atoms with Crippen molar-refractivity contribution in [3.05, 3.63) is 59.7 Å². The minimum atomic E-state index is -0.753. The highest BCUT2D eigenvalue weighted by Crippen LogP contribution is 2.24. The Morgan fingerprint density at radius 3 is 1.95 bits per heavy atom. The molecule has 2 nitrogen and oxygen atoms in total. The molecule has 20 heavy (non-hydrogen) atoms. The lowest BCUT2D eigenvalue weighted by Gasteiger charge is -2.10. The van der Waals surface area contributed by atoms with E-state index < -0.39 is 5.97 Å². The van der Waals surface area contributed by atoms with E-state index in [1.54, 1.807) is 0 Å². The van der Waals surface area contributed by atoms with Gasteiger partial charge in [0.1, 0.15) is 0 Å². The Morgan fingerprint density at radius 1 is 1.00 bits per heavy atom. The molecule has 0 radical (unpaired) electrons. The number of hydrogen-bond acceptors (Lipinski definition) is 1. The van der Waals surface area contributed by atoms with Crippen LogP contribution < -0.4 is 0 Å². The number of aliphatic carboxylic acids is 1. The van der Waals surface area contributed by atoms with Crippen molar-refractivity contribution in [1.82, 2.24) is 0 Å². The Hall–Kier alpha value is -2.09. The summed E-state index contributed by atoms with van der Waals surface area (Å²) in [5.74, 6) is -0.708.